The first kappa shape index (κ1) is 21.0. The summed E-state index contributed by atoms with van der Waals surface area (Å²) in [6.45, 7) is 0. The maximum Gasteiger partial charge on any atom is 0.168 e. The maximum atomic E-state index is 9.22. The molecule has 0 bridgehead atoms. The van der Waals surface area contributed by atoms with E-state index in [1.807, 2.05) is 6.07 Å². The van der Waals surface area contributed by atoms with E-state index in [1.54, 1.807) is 0 Å². The van der Waals surface area contributed by atoms with Crippen LogP contribution < -0.4 is 0 Å². The Morgan fingerprint density at radius 3 is 2.11 bits per heavy atom. The van der Waals surface area contributed by atoms with Crippen molar-refractivity contribution in [2.75, 3.05) is 0 Å². The Hall–Kier alpha value is -5.09. The predicted octanol–water partition coefficient (Wildman–Crippen LogP) is 7.73. The first-order valence-electron chi connectivity index (χ1n) is 12.9. The van der Waals surface area contributed by atoms with Gasteiger partial charge in [-0.2, -0.15) is 0 Å². The van der Waals surface area contributed by atoms with Crippen LogP contribution in [0, 0.1) is 5.41 Å². The maximum absolute atomic E-state index is 9.22. The fraction of sp³-hybridized carbons (Fsp3) is 0.0294. The topological polar surface area (TPSA) is 34.8 Å². The van der Waals surface area contributed by atoms with Crippen molar-refractivity contribution in [3.63, 3.8) is 0 Å². The van der Waals surface area contributed by atoms with Crippen molar-refractivity contribution in [1.29, 1.82) is 5.41 Å². The van der Waals surface area contributed by atoms with E-state index in [2.05, 4.69) is 142 Å². The van der Waals surface area contributed by atoms with Crippen LogP contribution in [0.4, 0.5) is 0 Å². The molecule has 1 aromatic heterocycles. The van der Waals surface area contributed by atoms with E-state index in [0.29, 0.717) is 5.84 Å². The van der Waals surface area contributed by atoms with Gasteiger partial charge in [-0.05, 0) is 46.7 Å². The third-order valence-corrected chi connectivity index (χ3v) is 7.76. The largest absolute Gasteiger partial charge is 0.309 e. The normalized spacial score (nSPS) is 16.2. The molecule has 4 nitrogen and oxygen atoms in total. The van der Waals surface area contributed by atoms with Gasteiger partial charge in [-0.15, -0.1) is 0 Å². The smallest absolute Gasteiger partial charge is 0.168 e. The lowest BCUT2D eigenvalue weighted by Gasteiger charge is -2.12. The summed E-state index contributed by atoms with van der Waals surface area (Å²) in [7, 11) is 0. The Balaban J connectivity index is 1.18. The van der Waals surface area contributed by atoms with E-state index in [-0.39, 0.29) is 6.17 Å². The molecule has 5 aromatic carbocycles. The average molecular weight is 489 g/mol. The van der Waals surface area contributed by atoms with Crippen LogP contribution in [0.5, 0.6) is 0 Å². The van der Waals surface area contributed by atoms with Crippen molar-refractivity contribution in [3.05, 3.63) is 145 Å². The standard InChI is InChI=1S/C34H24N4/c35-33(38-34-30(18-9-21-36(34)38)27-17-8-11-23-10-1-2-14-26(23)27)24-12-7-13-25(22-24)37-31-19-5-3-15-28(31)29-16-4-6-20-32(29)37/h1-22,34-35H. The van der Waals surface area contributed by atoms with Crippen molar-refractivity contribution in [1.82, 2.24) is 14.6 Å². The number of allylic oxidation sites excluding steroid dienone is 2. The lowest BCUT2D eigenvalue weighted by atomic mass is 9.96. The van der Waals surface area contributed by atoms with Gasteiger partial charge in [0.15, 0.2) is 6.17 Å². The van der Waals surface area contributed by atoms with Crippen LogP contribution in [-0.2, 0) is 0 Å². The third-order valence-electron chi connectivity index (χ3n) is 7.76. The number of hydrogen-bond acceptors (Lipinski definition) is 2. The third kappa shape index (κ3) is 3.01. The Morgan fingerprint density at radius 1 is 0.658 bits per heavy atom. The molecule has 1 atom stereocenters. The summed E-state index contributed by atoms with van der Waals surface area (Å²) in [6.07, 6.45) is 6.35. The highest BCUT2D eigenvalue weighted by Gasteiger charge is 2.49. The molecule has 3 heterocycles. The highest BCUT2D eigenvalue weighted by molar-refractivity contribution is 6.09. The van der Waals surface area contributed by atoms with E-state index in [1.165, 1.54) is 43.7 Å². The van der Waals surface area contributed by atoms with Gasteiger partial charge in [0.2, 0.25) is 0 Å². The van der Waals surface area contributed by atoms with Gasteiger partial charge in [-0.25, -0.2) is 5.01 Å². The number of benzene rings is 5. The summed E-state index contributed by atoms with van der Waals surface area (Å²) in [5.41, 5.74) is 6.73. The van der Waals surface area contributed by atoms with E-state index in [0.717, 1.165) is 11.3 Å². The van der Waals surface area contributed by atoms with E-state index >= 15 is 0 Å². The molecule has 38 heavy (non-hydrogen) atoms. The molecule has 1 saturated heterocycles. The zero-order chi connectivity index (χ0) is 25.2. The molecular formula is C34H24N4. The number of rotatable bonds is 3. The molecule has 2 aliphatic rings. The molecule has 4 heteroatoms. The van der Waals surface area contributed by atoms with Crippen LogP contribution in [0.15, 0.2) is 134 Å². The van der Waals surface area contributed by atoms with Crippen LogP contribution in [0.25, 0.3) is 43.8 Å². The average Bonchev–Trinajstić information content (AvgIpc) is 3.63. The molecule has 0 saturated carbocycles. The van der Waals surface area contributed by atoms with Crippen LogP contribution in [0.3, 0.4) is 0 Å². The molecule has 0 amide bonds. The van der Waals surface area contributed by atoms with Crippen molar-refractivity contribution >= 4 is 44.0 Å². The van der Waals surface area contributed by atoms with E-state index in [4.69, 9.17) is 0 Å². The Bertz CT molecular complexity index is 1920. The Morgan fingerprint density at radius 2 is 1.32 bits per heavy atom. The zero-order valence-electron chi connectivity index (χ0n) is 20.6. The van der Waals surface area contributed by atoms with Gasteiger partial charge in [0.1, 0.15) is 5.84 Å². The van der Waals surface area contributed by atoms with Crippen molar-refractivity contribution < 1.29 is 0 Å². The highest BCUT2D eigenvalue weighted by atomic mass is 15.9. The van der Waals surface area contributed by atoms with Gasteiger partial charge < -0.3 is 4.57 Å². The molecule has 0 spiro atoms. The zero-order valence-corrected chi connectivity index (χ0v) is 20.6. The summed E-state index contributed by atoms with van der Waals surface area (Å²) in [4.78, 5) is 0. The first-order valence-corrected chi connectivity index (χ1v) is 12.9. The molecular weight excluding hydrogens is 464 g/mol. The molecule has 1 N–H and O–H groups in total. The number of aromatic nitrogens is 1. The van der Waals surface area contributed by atoms with Crippen LogP contribution in [0.1, 0.15) is 11.1 Å². The molecule has 0 radical (unpaired) electrons. The number of hydrogen-bond donors (Lipinski definition) is 1. The summed E-state index contributed by atoms with van der Waals surface area (Å²) < 4.78 is 2.30. The van der Waals surface area contributed by atoms with E-state index < -0.39 is 0 Å². The lowest BCUT2D eigenvalue weighted by molar-refractivity contribution is 0.523. The molecule has 6 aromatic rings. The van der Waals surface area contributed by atoms with Crippen molar-refractivity contribution in [2.24, 2.45) is 0 Å². The number of nitrogens with zero attached hydrogens (tertiary/aromatic N) is 3. The minimum absolute atomic E-state index is 0.0233. The van der Waals surface area contributed by atoms with Gasteiger partial charge in [0.25, 0.3) is 0 Å². The second kappa shape index (κ2) is 7.95. The summed E-state index contributed by atoms with van der Waals surface area (Å²) in [5, 5.41) is 18.4. The monoisotopic (exact) mass is 488 g/mol. The summed E-state index contributed by atoms with van der Waals surface area (Å²) in [6, 6.07) is 40.4. The number of amidine groups is 1. The second-order valence-corrected chi connectivity index (χ2v) is 9.86. The summed E-state index contributed by atoms with van der Waals surface area (Å²) >= 11 is 0. The minimum Gasteiger partial charge on any atom is -0.309 e. The van der Waals surface area contributed by atoms with Gasteiger partial charge >= 0.3 is 0 Å². The highest BCUT2D eigenvalue weighted by Crippen LogP contribution is 2.43. The molecule has 8 rings (SSSR count). The molecule has 1 unspecified atom stereocenters. The minimum atomic E-state index is 0.0233. The molecule has 2 aliphatic heterocycles. The van der Waals surface area contributed by atoms with Crippen LogP contribution in [-0.4, -0.2) is 26.6 Å². The van der Waals surface area contributed by atoms with Gasteiger partial charge in [-0.1, -0.05) is 97.1 Å². The SMILES string of the molecule is N=C(c1cccc(-n2c3ccccc3c3ccccc32)c1)N1C2C(c3cccc4ccccc34)=CC=CN21. The predicted molar refractivity (Wildman–Crippen MR) is 156 cm³/mol. The van der Waals surface area contributed by atoms with Gasteiger partial charge in [0.05, 0.1) is 11.0 Å². The fourth-order valence-corrected chi connectivity index (χ4v) is 6.00. The van der Waals surface area contributed by atoms with E-state index in [9.17, 15) is 5.41 Å². The second-order valence-electron chi connectivity index (χ2n) is 9.86. The number of nitrogens with one attached hydrogen (secondary N) is 1. The quantitative estimate of drug-likeness (QED) is 0.157. The lowest BCUT2D eigenvalue weighted by Crippen LogP contribution is -2.16. The Kier molecular flexibility index (Phi) is 4.40. The fourth-order valence-electron chi connectivity index (χ4n) is 6.00. The van der Waals surface area contributed by atoms with Gasteiger partial charge in [0, 0.05) is 33.8 Å². The number of hydrazine groups is 1. The number of fused-ring (bicyclic) bond motifs is 5. The number of para-hydroxylation sites is 2. The summed E-state index contributed by atoms with van der Waals surface area (Å²) in [5.74, 6) is 0.496. The Labute approximate surface area is 220 Å². The van der Waals surface area contributed by atoms with Crippen molar-refractivity contribution in [3.8, 4) is 5.69 Å². The van der Waals surface area contributed by atoms with Crippen LogP contribution >= 0.6 is 0 Å². The molecule has 1 fully saturated rings. The van der Waals surface area contributed by atoms with Crippen molar-refractivity contribution in [2.45, 2.75) is 6.17 Å². The molecule has 0 aliphatic carbocycles. The van der Waals surface area contributed by atoms with Gasteiger partial charge in [-0.3, -0.25) is 10.4 Å². The molecule has 180 valence electrons. The first-order chi connectivity index (χ1) is 18.8. The van der Waals surface area contributed by atoms with Crippen LogP contribution in [0.2, 0.25) is 0 Å².